The normalized spacial score (nSPS) is 10.4. The van der Waals surface area contributed by atoms with Gasteiger partial charge in [-0.05, 0) is 30.4 Å². The van der Waals surface area contributed by atoms with Gasteiger partial charge >= 0.3 is 0 Å². The third-order valence-corrected chi connectivity index (χ3v) is 2.80. The molecule has 0 atom stereocenters. The number of anilines is 1. The molecule has 2 aromatic rings. The topological polar surface area (TPSA) is 77.6 Å². The minimum Gasteiger partial charge on any atom is -0.368 e. The smallest absolute Gasteiger partial charge is 0.224 e. The first kappa shape index (κ1) is 11.8. The van der Waals surface area contributed by atoms with Gasteiger partial charge in [-0.15, -0.1) is 0 Å². The Bertz CT molecular complexity index is 488. The number of aryl methyl sites for hydroxylation is 2. The Kier molecular flexibility index (Phi) is 3.87. The van der Waals surface area contributed by atoms with E-state index in [-0.39, 0.29) is 5.95 Å². The number of pyridine rings is 1. The summed E-state index contributed by atoms with van der Waals surface area (Å²) in [7, 11) is 0. The average Bonchev–Trinajstić information content (AvgIpc) is 2.37. The highest BCUT2D eigenvalue weighted by Gasteiger charge is 2.03. The fraction of sp³-hybridized carbons (Fsp3) is 0.273. The third-order valence-electron chi connectivity index (χ3n) is 2.25. The second-order valence-corrected chi connectivity index (χ2v) is 4.23. The van der Waals surface area contributed by atoms with Gasteiger partial charge < -0.3 is 5.73 Å². The van der Waals surface area contributed by atoms with Crippen molar-refractivity contribution in [1.82, 2.24) is 19.9 Å². The summed E-state index contributed by atoms with van der Waals surface area (Å²) >= 11 is 1.47. The van der Waals surface area contributed by atoms with Gasteiger partial charge in [-0.25, -0.2) is 4.98 Å². The molecule has 88 valence electrons. The Labute approximate surface area is 104 Å². The molecule has 0 bridgehead atoms. The van der Waals surface area contributed by atoms with E-state index in [9.17, 15) is 0 Å². The number of thioether (sulfide) groups is 1. The summed E-state index contributed by atoms with van der Waals surface area (Å²) in [5, 5.41) is 0.669. The number of nitrogens with zero attached hydrogens (tertiary/aromatic N) is 4. The maximum absolute atomic E-state index is 5.62. The van der Waals surface area contributed by atoms with Crippen LogP contribution in [0.15, 0.2) is 29.7 Å². The molecule has 5 nitrogen and oxygen atoms in total. The molecule has 0 saturated carbocycles. The van der Waals surface area contributed by atoms with Crippen LogP contribution in [0.1, 0.15) is 11.4 Å². The molecule has 0 unspecified atom stereocenters. The van der Waals surface area contributed by atoms with Gasteiger partial charge in [0, 0.05) is 18.8 Å². The number of nitrogens with two attached hydrogens (primary N) is 1. The zero-order chi connectivity index (χ0) is 12.1. The van der Waals surface area contributed by atoms with E-state index in [0.29, 0.717) is 5.16 Å². The van der Waals surface area contributed by atoms with Crippen LogP contribution in [0, 0.1) is 0 Å². The van der Waals surface area contributed by atoms with Crippen molar-refractivity contribution in [3.05, 3.63) is 35.9 Å². The van der Waals surface area contributed by atoms with Crippen LogP contribution in [0.5, 0.6) is 0 Å². The zero-order valence-electron chi connectivity index (χ0n) is 9.50. The van der Waals surface area contributed by atoms with E-state index in [4.69, 9.17) is 5.73 Å². The Morgan fingerprint density at radius 1 is 1.12 bits per heavy atom. The number of hydrogen-bond donors (Lipinski definition) is 1. The van der Waals surface area contributed by atoms with Crippen molar-refractivity contribution in [1.29, 1.82) is 0 Å². The van der Waals surface area contributed by atoms with E-state index < -0.39 is 0 Å². The molecule has 17 heavy (non-hydrogen) atoms. The number of hydrogen-bond acceptors (Lipinski definition) is 6. The maximum atomic E-state index is 5.62. The van der Waals surface area contributed by atoms with Gasteiger partial charge in [0.1, 0.15) is 5.82 Å². The molecule has 2 heterocycles. The van der Waals surface area contributed by atoms with Crippen LogP contribution in [0.2, 0.25) is 0 Å². The van der Waals surface area contributed by atoms with E-state index in [0.717, 1.165) is 18.7 Å². The molecule has 0 aliphatic heterocycles. The molecule has 0 radical (unpaired) electrons. The molecular weight excluding hydrogens is 234 g/mol. The van der Waals surface area contributed by atoms with Crippen molar-refractivity contribution in [2.24, 2.45) is 0 Å². The van der Waals surface area contributed by atoms with Crippen molar-refractivity contribution in [2.75, 3.05) is 12.0 Å². The molecule has 2 aromatic heterocycles. The summed E-state index contributed by atoms with van der Waals surface area (Å²) in [6.07, 6.45) is 7.11. The third kappa shape index (κ3) is 3.39. The van der Waals surface area contributed by atoms with E-state index >= 15 is 0 Å². The standard InChI is InChI=1S/C11H13N5S/c1-17-11-15-9(14-10(12)16-11)3-2-8-4-6-13-7-5-8/h4-7H,2-3H2,1H3,(H2,12,14,15,16). The molecule has 0 amide bonds. The average molecular weight is 247 g/mol. The van der Waals surface area contributed by atoms with Gasteiger partial charge in [-0.2, -0.15) is 9.97 Å². The first-order chi connectivity index (χ1) is 8.28. The molecule has 0 spiro atoms. The zero-order valence-corrected chi connectivity index (χ0v) is 10.3. The summed E-state index contributed by atoms with van der Waals surface area (Å²) < 4.78 is 0. The maximum Gasteiger partial charge on any atom is 0.224 e. The Balaban J connectivity index is 2.06. The SMILES string of the molecule is CSc1nc(N)nc(CCc2ccncc2)n1. The van der Waals surface area contributed by atoms with Crippen LogP contribution in [0.3, 0.4) is 0 Å². The summed E-state index contributed by atoms with van der Waals surface area (Å²) in [5.74, 6) is 1.02. The molecule has 0 fully saturated rings. The van der Waals surface area contributed by atoms with Gasteiger partial charge in [-0.1, -0.05) is 11.8 Å². The monoisotopic (exact) mass is 247 g/mol. The van der Waals surface area contributed by atoms with Crippen molar-refractivity contribution >= 4 is 17.7 Å². The van der Waals surface area contributed by atoms with Gasteiger partial charge in [0.05, 0.1) is 0 Å². The highest BCUT2D eigenvalue weighted by atomic mass is 32.2. The number of nitrogen functional groups attached to an aromatic ring is 1. The molecule has 2 N–H and O–H groups in total. The minimum absolute atomic E-state index is 0.286. The summed E-state index contributed by atoms with van der Waals surface area (Å²) in [5.41, 5.74) is 6.83. The van der Waals surface area contributed by atoms with Gasteiger partial charge in [-0.3, -0.25) is 4.98 Å². The van der Waals surface area contributed by atoms with Crippen molar-refractivity contribution < 1.29 is 0 Å². The molecule has 2 rings (SSSR count). The molecule has 0 aliphatic carbocycles. The molecule has 0 aliphatic rings. The van der Waals surface area contributed by atoms with E-state index in [1.54, 1.807) is 12.4 Å². The molecule has 0 saturated heterocycles. The Morgan fingerprint density at radius 2 is 1.88 bits per heavy atom. The van der Waals surface area contributed by atoms with Crippen molar-refractivity contribution in [3.8, 4) is 0 Å². The Morgan fingerprint density at radius 3 is 2.59 bits per heavy atom. The largest absolute Gasteiger partial charge is 0.368 e. The van der Waals surface area contributed by atoms with E-state index in [2.05, 4.69) is 19.9 Å². The second kappa shape index (κ2) is 5.58. The van der Waals surface area contributed by atoms with E-state index in [1.165, 1.54) is 17.3 Å². The second-order valence-electron chi connectivity index (χ2n) is 3.45. The lowest BCUT2D eigenvalue weighted by molar-refractivity contribution is 0.789. The fourth-order valence-corrected chi connectivity index (χ4v) is 1.81. The molecule has 0 aromatic carbocycles. The summed E-state index contributed by atoms with van der Waals surface area (Å²) in [4.78, 5) is 16.4. The predicted octanol–water partition coefficient (Wildman–Crippen LogP) is 1.36. The lowest BCUT2D eigenvalue weighted by atomic mass is 10.1. The highest BCUT2D eigenvalue weighted by Crippen LogP contribution is 2.10. The van der Waals surface area contributed by atoms with Crippen LogP contribution in [0.25, 0.3) is 0 Å². The Hall–Kier alpha value is -1.69. The highest BCUT2D eigenvalue weighted by molar-refractivity contribution is 7.98. The van der Waals surface area contributed by atoms with Crippen LogP contribution < -0.4 is 5.73 Å². The van der Waals surface area contributed by atoms with Crippen LogP contribution in [-0.2, 0) is 12.8 Å². The van der Waals surface area contributed by atoms with Crippen LogP contribution in [-0.4, -0.2) is 26.2 Å². The fourth-order valence-electron chi connectivity index (χ4n) is 1.42. The first-order valence-electron chi connectivity index (χ1n) is 5.21. The quantitative estimate of drug-likeness (QED) is 0.822. The van der Waals surface area contributed by atoms with Gasteiger partial charge in [0.25, 0.3) is 0 Å². The minimum atomic E-state index is 0.286. The van der Waals surface area contributed by atoms with Gasteiger partial charge in [0.15, 0.2) is 5.16 Å². The lowest BCUT2D eigenvalue weighted by Gasteiger charge is -2.03. The summed E-state index contributed by atoms with van der Waals surface area (Å²) in [6, 6.07) is 3.97. The summed E-state index contributed by atoms with van der Waals surface area (Å²) in [6.45, 7) is 0. The number of aromatic nitrogens is 4. The first-order valence-corrected chi connectivity index (χ1v) is 6.43. The van der Waals surface area contributed by atoms with Gasteiger partial charge in [0.2, 0.25) is 5.95 Å². The predicted molar refractivity (Wildman–Crippen MR) is 67.7 cm³/mol. The van der Waals surface area contributed by atoms with Crippen molar-refractivity contribution in [2.45, 2.75) is 18.0 Å². The lowest BCUT2D eigenvalue weighted by Crippen LogP contribution is -2.05. The van der Waals surface area contributed by atoms with Crippen LogP contribution >= 0.6 is 11.8 Å². The molecule has 6 heteroatoms. The molecular formula is C11H13N5S. The van der Waals surface area contributed by atoms with Crippen molar-refractivity contribution in [3.63, 3.8) is 0 Å². The number of rotatable bonds is 4. The van der Waals surface area contributed by atoms with Crippen LogP contribution in [0.4, 0.5) is 5.95 Å². The van der Waals surface area contributed by atoms with E-state index in [1.807, 2.05) is 18.4 Å².